The molecule has 0 aliphatic heterocycles. The number of ether oxygens (including phenoxy) is 1. The number of carbonyl (C=O) groups excluding carboxylic acids is 1. The Morgan fingerprint density at radius 3 is 2.41 bits per heavy atom. The molecule has 3 heteroatoms. The fraction of sp³-hybridized carbons (Fsp3) is 0.947. The highest BCUT2D eigenvalue weighted by atomic mass is 16.5. The normalized spacial score (nSPS) is 24.0. The summed E-state index contributed by atoms with van der Waals surface area (Å²) in [6.45, 7) is 10.5. The van der Waals surface area contributed by atoms with E-state index >= 15 is 0 Å². The van der Waals surface area contributed by atoms with Gasteiger partial charge < -0.3 is 10.1 Å². The zero-order valence-electron chi connectivity index (χ0n) is 15.3. The summed E-state index contributed by atoms with van der Waals surface area (Å²) in [5.74, 6) is 0. The SMILES string of the molecule is CCCCCCCCOC(=O)NCC1(C)CCCC(C)(C)C1. The highest BCUT2D eigenvalue weighted by Gasteiger charge is 2.36. The minimum atomic E-state index is -0.238. The molecule has 0 radical (unpaired) electrons. The number of carbonyl (C=O) groups is 1. The monoisotopic (exact) mass is 311 g/mol. The minimum Gasteiger partial charge on any atom is -0.450 e. The van der Waals surface area contributed by atoms with E-state index in [0.717, 1.165) is 13.0 Å². The van der Waals surface area contributed by atoms with Crippen LogP contribution in [-0.2, 0) is 4.74 Å². The van der Waals surface area contributed by atoms with Crippen LogP contribution in [0.25, 0.3) is 0 Å². The summed E-state index contributed by atoms with van der Waals surface area (Å²) in [4.78, 5) is 11.8. The molecule has 0 saturated heterocycles. The van der Waals surface area contributed by atoms with Gasteiger partial charge in [-0.1, -0.05) is 66.2 Å². The Morgan fingerprint density at radius 1 is 1.05 bits per heavy atom. The van der Waals surface area contributed by atoms with Crippen molar-refractivity contribution >= 4 is 6.09 Å². The number of hydrogen-bond acceptors (Lipinski definition) is 2. The van der Waals surface area contributed by atoms with E-state index in [4.69, 9.17) is 4.74 Å². The van der Waals surface area contributed by atoms with Crippen LogP contribution >= 0.6 is 0 Å². The van der Waals surface area contributed by atoms with Crippen LogP contribution in [0.2, 0.25) is 0 Å². The van der Waals surface area contributed by atoms with Gasteiger partial charge in [0.05, 0.1) is 6.61 Å². The second-order valence-corrected chi connectivity index (χ2v) is 8.26. The molecule has 1 aliphatic rings. The fourth-order valence-corrected chi connectivity index (χ4v) is 3.86. The van der Waals surface area contributed by atoms with Gasteiger partial charge in [0, 0.05) is 6.54 Å². The van der Waals surface area contributed by atoms with Crippen LogP contribution in [0.1, 0.15) is 91.9 Å². The van der Waals surface area contributed by atoms with Crippen molar-refractivity contribution in [1.82, 2.24) is 5.32 Å². The predicted octanol–water partition coefficient (Wildman–Crippen LogP) is 5.68. The predicted molar refractivity (Wildman–Crippen MR) is 93.1 cm³/mol. The van der Waals surface area contributed by atoms with Gasteiger partial charge in [-0.05, 0) is 36.5 Å². The molecule has 0 aromatic rings. The zero-order valence-corrected chi connectivity index (χ0v) is 15.3. The highest BCUT2D eigenvalue weighted by molar-refractivity contribution is 5.67. The number of nitrogens with one attached hydrogen (secondary N) is 1. The lowest BCUT2D eigenvalue weighted by molar-refractivity contribution is 0.0903. The van der Waals surface area contributed by atoms with Crippen molar-refractivity contribution in [3.8, 4) is 0 Å². The van der Waals surface area contributed by atoms with Crippen molar-refractivity contribution in [2.24, 2.45) is 10.8 Å². The Kier molecular flexibility index (Phi) is 8.27. The smallest absolute Gasteiger partial charge is 0.407 e. The van der Waals surface area contributed by atoms with E-state index in [1.165, 1.54) is 57.8 Å². The van der Waals surface area contributed by atoms with Crippen molar-refractivity contribution < 1.29 is 9.53 Å². The van der Waals surface area contributed by atoms with Gasteiger partial charge in [0.25, 0.3) is 0 Å². The largest absolute Gasteiger partial charge is 0.450 e. The average Bonchev–Trinajstić information content (AvgIpc) is 2.43. The average molecular weight is 312 g/mol. The molecule has 130 valence electrons. The second-order valence-electron chi connectivity index (χ2n) is 8.26. The van der Waals surface area contributed by atoms with Crippen LogP contribution in [0, 0.1) is 10.8 Å². The number of rotatable bonds is 9. The molecule has 1 fully saturated rings. The van der Waals surface area contributed by atoms with Crippen molar-refractivity contribution in [1.29, 1.82) is 0 Å². The van der Waals surface area contributed by atoms with Gasteiger partial charge in [-0.25, -0.2) is 4.79 Å². The van der Waals surface area contributed by atoms with Crippen LogP contribution in [0.3, 0.4) is 0 Å². The molecule has 0 heterocycles. The molecule has 1 aliphatic carbocycles. The van der Waals surface area contributed by atoms with E-state index < -0.39 is 0 Å². The molecule has 0 spiro atoms. The summed E-state index contributed by atoms with van der Waals surface area (Å²) >= 11 is 0. The van der Waals surface area contributed by atoms with Gasteiger partial charge in [0.2, 0.25) is 0 Å². The summed E-state index contributed by atoms with van der Waals surface area (Å²) in [6, 6.07) is 0. The Balaban J connectivity index is 2.10. The molecule has 0 aromatic carbocycles. The maximum absolute atomic E-state index is 11.8. The van der Waals surface area contributed by atoms with Gasteiger partial charge in [-0.3, -0.25) is 0 Å². The van der Waals surface area contributed by atoms with Crippen LogP contribution in [0.5, 0.6) is 0 Å². The van der Waals surface area contributed by atoms with Gasteiger partial charge in [-0.2, -0.15) is 0 Å². The first-order chi connectivity index (χ1) is 10.4. The van der Waals surface area contributed by atoms with E-state index in [1.54, 1.807) is 0 Å². The zero-order chi connectivity index (χ0) is 16.5. The van der Waals surface area contributed by atoms with Crippen molar-refractivity contribution in [2.45, 2.75) is 91.9 Å². The molecule has 3 nitrogen and oxygen atoms in total. The highest BCUT2D eigenvalue weighted by Crippen LogP contribution is 2.45. The topological polar surface area (TPSA) is 38.3 Å². The minimum absolute atomic E-state index is 0.223. The molecule has 1 unspecified atom stereocenters. The molecule has 1 rings (SSSR count). The van der Waals surface area contributed by atoms with Gasteiger partial charge >= 0.3 is 6.09 Å². The lowest BCUT2D eigenvalue weighted by Crippen LogP contribution is -2.41. The van der Waals surface area contributed by atoms with Crippen molar-refractivity contribution in [3.63, 3.8) is 0 Å². The van der Waals surface area contributed by atoms with Gasteiger partial charge in [0.1, 0.15) is 0 Å². The van der Waals surface area contributed by atoms with Gasteiger partial charge in [-0.15, -0.1) is 0 Å². The van der Waals surface area contributed by atoms with E-state index in [2.05, 4.69) is 33.0 Å². The molecular formula is C19H37NO2. The van der Waals surface area contributed by atoms with Crippen LogP contribution in [0.4, 0.5) is 4.79 Å². The summed E-state index contributed by atoms with van der Waals surface area (Å²) in [5, 5.41) is 2.98. The summed E-state index contributed by atoms with van der Waals surface area (Å²) in [5.41, 5.74) is 0.623. The number of hydrogen-bond donors (Lipinski definition) is 1. The molecule has 0 bridgehead atoms. The molecular weight excluding hydrogens is 274 g/mol. The third kappa shape index (κ3) is 8.05. The Hall–Kier alpha value is -0.730. The number of unbranched alkanes of at least 4 members (excludes halogenated alkanes) is 5. The maximum atomic E-state index is 11.8. The summed E-state index contributed by atoms with van der Waals surface area (Å²) in [6.07, 6.45) is 12.0. The van der Waals surface area contributed by atoms with E-state index in [1.807, 2.05) is 0 Å². The number of alkyl carbamates (subject to hydrolysis) is 1. The molecule has 1 atom stereocenters. The second kappa shape index (κ2) is 9.42. The first kappa shape index (κ1) is 19.3. The van der Waals surface area contributed by atoms with Crippen molar-refractivity contribution in [2.75, 3.05) is 13.2 Å². The van der Waals surface area contributed by atoms with Crippen LogP contribution < -0.4 is 5.32 Å². The molecule has 1 saturated carbocycles. The molecule has 0 aromatic heterocycles. The summed E-state index contributed by atoms with van der Waals surface area (Å²) in [7, 11) is 0. The van der Waals surface area contributed by atoms with Crippen LogP contribution in [-0.4, -0.2) is 19.2 Å². The Labute approximate surface area is 137 Å². The van der Waals surface area contributed by atoms with E-state index in [9.17, 15) is 4.79 Å². The Morgan fingerprint density at radius 2 is 1.73 bits per heavy atom. The maximum Gasteiger partial charge on any atom is 0.407 e. The van der Waals surface area contributed by atoms with Crippen molar-refractivity contribution in [3.05, 3.63) is 0 Å². The van der Waals surface area contributed by atoms with Gasteiger partial charge in [0.15, 0.2) is 0 Å². The molecule has 22 heavy (non-hydrogen) atoms. The lowest BCUT2D eigenvalue weighted by atomic mass is 9.64. The van der Waals surface area contributed by atoms with E-state index in [0.29, 0.717) is 12.0 Å². The third-order valence-corrected chi connectivity index (χ3v) is 4.93. The first-order valence-electron chi connectivity index (χ1n) is 9.28. The third-order valence-electron chi connectivity index (χ3n) is 4.93. The Bertz CT molecular complexity index is 327. The van der Waals surface area contributed by atoms with Crippen LogP contribution in [0.15, 0.2) is 0 Å². The quantitative estimate of drug-likeness (QED) is 0.556. The molecule has 1 amide bonds. The van der Waals surface area contributed by atoms with E-state index in [-0.39, 0.29) is 11.5 Å². The summed E-state index contributed by atoms with van der Waals surface area (Å²) < 4.78 is 5.29. The number of amides is 1. The molecule has 1 N–H and O–H groups in total. The lowest BCUT2D eigenvalue weighted by Gasteiger charge is -2.42. The first-order valence-corrected chi connectivity index (χ1v) is 9.28. The standard InChI is InChI=1S/C19H37NO2/c1-5-6-7-8-9-10-14-22-17(21)20-16-19(4)13-11-12-18(2,3)15-19/h5-16H2,1-4H3,(H,20,21). The fourth-order valence-electron chi connectivity index (χ4n) is 3.86.